The lowest BCUT2D eigenvalue weighted by Crippen LogP contribution is -2.56. The van der Waals surface area contributed by atoms with Gasteiger partial charge in [-0.3, -0.25) is 9.69 Å². The number of amides is 1. The van der Waals surface area contributed by atoms with Gasteiger partial charge in [0.1, 0.15) is 5.78 Å². The Morgan fingerprint density at radius 1 is 0.929 bits per heavy atom. The molecule has 0 spiro atoms. The van der Waals surface area contributed by atoms with Crippen LogP contribution in [0.25, 0.3) is 0 Å². The summed E-state index contributed by atoms with van der Waals surface area (Å²) in [5.74, 6) is 0.403. The van der Waals surface area contributed by atoms with Crippen LogP contribution in [-0.4, -0.2) is 89.0 Å². The lowest BCUT2D eigenvalue weighted by Gasteiger charge is -2.44. The van der Waals surface area contributed by atoms with Crippen LogP contribution in [0.15, 0.2) is 0 Å². The maximum absolute atomic E-state index is 12.3. The molecule has 2 heterocycles. The van der Waals surface area contributed by atoms with Crippen LogP contribution < -0.4 is 0 Å². The highest BCUT2D eigenvalue weighted by Crippen LogP contribution is 2.25. The summed E-state index contributed by atoms with van der Waals surface area (Å²) in [7, 11) is 0. The van der Waals surface area contributed by atoms with E-state index < -0.39 is 5.60 Å². The second-order valence-corrected chi connectivity index (χ2v) is 8.42. The number of carbonyl (C=O) groups excluding carboxylic acids is 2. The third-order valence-electron chi connectivity index (χ3n) is 5.87. The Labute approximate surface area is 172 Å². The maximum atomic E-state index is 12.3. The number of likely N-dealkylation sites (tertiary alicyclic amines) is 1. The third kappa shape index (κ3) is 8.58. The summed E-state index contributed by atoms with van der Waals surface area (Å²) in [6, 6.07) is 0.546. The summed E-state index contributed by atoms with van der Waals surface area (Å²) < 4.78 is 0. The van der Waals surface area contributed by atoms with Crippen molar-refractivity contribution in [2.75, 3.05) is 45.8 Å². The average Bonchev–Trinajstić information content (AvgIpc) is 2.67. The lowest BCUT2D eigenvalue weighted by molar-refractivity contribution is -0.134. The van der Waals surface area contributed by atoms with E-state index in [1.807, 2.05) is 18.7 Å². The molecule has 2 aliphatic rings. The molecule has 6 nitrogen and oxygen atoms in total. The number of hydrogen-bond donors (Lipinski definition) is 1. The Balaban J connectivity index is 0.00000190. The maximum Gasteiger partial charge on any atom is 0.222 e. The number of piperazine rings is 1. The van der Waals surface area contributed by atoms with E-state index in [0.29, 0.717) is 18.9 Å². The van der Waals surface area contributed by atoms with Gasteiger partial charge in [-0.2, -0.15) is 0 Å². The van der Waals surface area contributed by atoms with Crippen LogP contribution in [0.2, 0.25) is 0 Å². The van der Waals surface area contributed by atoms with Crippen LogP contribution in [0, 0.1) is 0 Å². The Bertz CT molecular complexity index is 466. The van der Waals surface area contributed by atoms with Gasteiger partial charge in [0, 0.05) is 64.7 Å². The highest BCUT2D eigenvalue weighted by Gasteiger charge is 2.35. The van der Waals surface area contributed by atoms with Gasteiger partial charge in [0.25, 0.3) is 0 Å². The smallest absolute Gasteiger partial charge is 0.222 e. The standard InChI is InChI=1S/C20H37N3O3.C2H6/c1-17(2)22-10-8-20(26,9-11-22)16-21-12-14-23(15-13-21)19(25)7-5-4-6-18(3)24;1-2/h17,26H,4-16H2,1-3H3;1-2H3. The second kappa shape index (κ2) is 12.6. The first kappa shape index (κ1) is 25.1. The van der Waals surface area contributed by atoms with Gasteiger partial charge >= 0.3 is 0 Å². The van der Waals surface area contributed by atoms with Gasteiger partial charge < -0.3 is 19.7 Å². The molecule has 2 fully saturated rings. The average molecular weight is 398 g/mol. The molecule has 0 aromatic carbocycles. The summed E-state index contributed by atoms with van der Waals surface area (Å²) >= 11 is 0. The van der Waals surface area contributed by atoms with E-state index in [1.54, 1.807) is 6.92 Å². The van der Waals surface area contributed by atoms with Crippen molar-refractivity contribution < 1.29 is 14.7 Å². The first-order chi connectivity index (χ1) is 13.3. The lowest BCUT2D eigenvalue weighted by atomic mass is 9.90. The van der Waals surface area contributed by atoms with Crippen molar-refractivity contribution in [3.8, 4) is 0 Å². The van der Waals surface area contributed by atoms with Crippen LogP contribution in [-0.2, 0) is 9.59 Å². The van der Waals surface area contributed by atoms with E-state index >= 15 is 0 Å². The number of rotatable bonds is 8. The van der Waals surface area contributed by atoms with Crippen molar-refractivity contribution in [3.63, 3.8) is 0 Å². The zero-order chi connectivity index (χ0) is 21.2. The topological polar surface area (TPSA) is 64.1 Å². The van der Waals surface area contributed by atoms with Crippen LogP contribution in [0.5, 0.6) is 0 Å². The number of aliphatic hydroxyl groups is 1. The number of nitrogens with zero attached hydrogens (tertiary/aromatic N) is 3. The summed E-state index contributed by atoms with van der Waals surface area (Å²) in [6.45, 7) is 15.9. The van der Waals surface area contributed by atoms with Gasteiger partial charge in [0.05, 0.1) is 5.60 Å². The van der Waals surface area contributed by atoms with Gasteiger partial charge in [0.2, 0.25) is 5.91 Å². The van der Waals surface area contributed by atoms with Crippen LogP contribution in [0.4, 0.5) is 0 Å². The first-order valence-electron chi connectivity index (χ1n) is 11.2. The minimum atomic E-state index is -0.579. The van der Waals surface area contributed by atoms with E-state index in [0.717, 1.165) is 71.5 Å². The molecule has 2 aliphatic heterocycles. The zero-order valence-corrected chi connectivity index (χ0v) is 18.9. The van der Waals surface area contributed by atoms with Crippen molar-refractivity contribution in [1.82, 2.24) is 14.7 Å². The highest BCUT2D eigenvalue weighted by molar-refractivity contribution is 5.77. The Kier molecular flexibility index (Phi) is 11.2. The quantitative estimate of drug-likeness (QED) is 0.638. The Morgan fingerprint density at radius 3 is 1.96 bits per heavy atom. The number of unbranched alkanes of at least 4 members (excludes halogenated alkanes) is 1. The second-order valence-electron chi connectivity index (χ2n) is 8.42. The molecule has 6 heteroatoms. The molecular formula is C22H43N3O3. The van der Waals surface area contributed by atoms with Gasteiger partial charge in [0.15, 0.2) is 0 Å². The number of piperidine rings is 1. The molecule has 2 saturated heterocycles. The minimum absolute atomic E-state index is 0.197. The molecule has 0 saturated carbocycles. The molecule has 0 atom stereocenters. The summed E-state index contributed by atoms with van der Waals surface area (Å²) in [5.41, 5.74) is -0.579. The van der Waals surface area contributed by atoms with Crippen molar-refractivity contribution in [2.45, 2.75) is 84.8 Å². The number of carbonyl (C=O) groups is 2. The monoisotopic (exact) mass is 397 g/mol. The number of β-amino-alcohol motifs (C(OH)–C–C–N with tert-alkyl or cyclic N) is 1. The number of ketones is 1. The molecule has 1 N–H and O–H groups in total. The number of hydrogen-bond acceptors (Lipinski definition) is 5. The van der Waals surface area contributed by atoms with Gasteiger partial charge in [-0.25, -0.2) is 0 Å². The normalized spacial score (nSPS) is 20.6. The first-order valence-corrected chi connectivity index (χ1v) is 11.2. The van der Waals surface area contributed by atoms with E-state index in [-0.39, 0.29) is 11.7 Å². The van der Waals surface area contributed by atoms with Crippen molar-refractivity contribution in [1.29, 1.82) is 0 Å². The van der Waals surface area contributed by atoms with Gasteiger partial charge in [-0.05, 0) is 46.5 Å². The third-order valence-corrected chi connectivity index (χ3v) is 5.87. The molecule has 1 amide bonds. The van der Waals surface area contributed by atoms with Crippen molar-refractivity contribution in [2.24, 2.45) is 0 Å². The molecule has 164 valence electrons. The van der Waals surface area contributed by atoms with Crippen LogP contribution >= 0.6 is 0 Å². The van der Waals surface area contributed by atoms with Crippen molar-refractivity contribution in [3.05, 3.63) is 0 Å². The summed E-state index contributed by atoms with van der Waals surface area (Å²) in [5, 5.41) is 10.9. The molecule has 0 aromatic rings. The zero-order valence-electron chi connectivity index (χ0n) is 18.9. The molecule has 0 aromatic heterocycles. The summed E-state index contributed by atoms with van der Waals surface area (Å²) in [4.78, 5) is 29.9. The SMILES string of the molecule is CC.CC(=O)CCCCC(=O)N1CCN(CC2(O)CCN(C(C)C)CC2)CC1. The van der Waals surface area contributed by atoms with E-state index in [4.69, 9.17) is 0 Å². The van der Waals surface area contributed by atoms with E-state index in [9.17, 15) is 14.7 Å². The Hall–Kier alpha value is -0.980. The van der Waals surface area contributed by atoms with Crippen LogP contribution in [0.1, 0.15) is 73.1 Å². The fraction of sp³-hybridized carbons (Fsp3) is 0.909. The minimum Gasteiger partial charge on any atom is -0.388 e. The highest BCUT2D eigenvalue weighted by atomic mass is 16.3. The molecule has 0 aliphatic carbocycles. The van der Waals surface area contributed by atoms with Crippen molar-refractivity contribution >= 4 is 11.7 Å². The van der Waals surface area contributed by atoms with Gasteiger partial charge in [-0.1, -0.05) is 13.8 Å². The predicted molar refractivity (Wildman–Crippen MR) is 114 cm³/mol. The van der Waals surface area contributed by atoms with E-state index in [2.05, 4.69) is 23.6 Å². The molecular weight excluding hydrogens is 354 g/mol. The molecule has 0 unspecified atom stereocenters. The summed E-state index contributed by atoms with van der Waals surface area (Å²) in [6.07, 6.45) is 4.39. The van der Waals surface area contributed by atoms with E-state index in [1.165, 1.54) is 0 Å². The Morgan fingerprint density at radius 2 is 1.46 bits per heavy atom. The number of Topliss-reactive ketones (excluding diaryl/α,β-unsaturated/α-hetero) is 1. The van der Waals surface area contributed by atoms with Crippen LogP contribution in [0.3, 0.4) is 0 Å². The molecule has 2 rings (SSSR count). The fourth-order valence-electron chi connectivity index (χ4n) is 3.99. The molecule has 0 bridgehead atoms. The largest absolute Gasteiger partial charge is 0.388 e. The molecule has 0 radical (unpaired) electrons. The fourth-order valence-corrected chi connectivity index (χ4v) is 3.99. The predicted octanol–water partition coefficient (Wildman–Crippen LogP) is 2.54. The molecule has 28 heavy (non-hydrogen) atoms. The van der Waals surface area contributed by atoms with Gasteiger partial charge in [-0.15, -0.1) is 0 Å².